The van der Waals surface area contributed by atoms with Crippen LogP contribution in [0.5, 0.6) is 0 Å². The smallest absolute Gasteiger partial charge is 0.399 e. The van der Waals surface area contributed by atoms with Crippen molar-refractivity contribution in [3.05, 3.63) is 23.8 Å². The van der Waals surface area contributed by atoms with E-state index in [0.717, 1.165) is 42.4 Å². The van der Waals surface area contributed by atoms with Crippen LogP contribution in [0.3, 0.4) is 0 Å². The molecule has 7 rings (SSSR count). The summed E-state index contributed by atoms with van der Waals surface area (Å²) in [5.74, 6) is 0.780. The molecule has 8 heteroatoms. The summed E-state index contributed by atoms with van der Waals surface area (Å²) in [6.07, 6.45) is 9.51. The number of hydrogen-bond donors (Lipinski definition) is 0. The van der Waals surface area contributed by atoms with Crippen LogP contribution in [0.25, 0.3) is 0 Å². The molecule has 39 heavy (non-hydrogen) atoms. The molecule has 2 saturated carbocycles. The summed E-state index contributed by atoms with van der Waals surface area (Å²) in [7, 11) is -0.450. The van der Waals surface area contributed by atoms with Crippen molar-refractivity contribution >= 4 is 30.1 Å². The van der Waals surface area contributed by atoms with Crippen molar-refractivity contribution in [2.24, 2.45) is 5.92 Å². The van der Waals surface area contributed by atoms with E-state index < -0.39 is 23.7 Å². The molecule has 4 heterocycles. The number of piperidine rings is 2. The number of rotatable bonds is 4. The van der Waals surface area contributed by atoms with Gasteiger partial charge in [-0.25, -0.2) is 0 Å². The number of likely N-dealkylation sites (tertiary alicyclic amines) is 2. The minimum Gasteiger partial charge on any atom is -0.399 e. The molecular weight excluding hydrogens is 489 g/mol. The number of carbonyl (C=O) groups is 2. The van der Waals surface area contributed by atoms with Gasteiger partial charge in [0.05, 0.1) is 16.6 Å². The van der Waals surface area contributed by atoms with Crippen molar-refractivity contribution in [2.45, 2.75) is 114 Å². The standard InChI is InChI=1S/C31H44BN3O4/c1-29(2)30(3,4)39-32(38-29)22-10-11-25-26(18-22)35(24-19-23(20-24)33-14-6-5-7-15-33)28(37)31(25)12-16-34(17-13-31)27(36)21-8-9-21/h10-11,18,21,23-24H,5-9,12-17,19-20H2,1-4H3/t23-,24+. The van der Waals surface area contributed by atoms with E-state index in [0.29, 0.717) is 37.9 Å². The molecule has 3 saturated heterocycles. The van der Waals surface area contributed by atoms with Gasteiger partial charge in [-0.15, -0.1) is 0 Å². The lowest BCUT2D eigenvalue weighted by molar-refractivity contribution is -0.137. The third-order valence-electron chi connectivity index (χ3n) is 11.2. The van der Waals surface area contributed by atoms with E-state index in [1.54, 1.807) is 0 Å². The first-order valence-electron chi connectivity index (χ1n) is 15.5. The Morgan fingerprint density at radius 3 is 2.15 bits per heavy atom. The molecule has 0 atom stereocenters. The van der Waals surface area contributed by atoms with Gasteiger partial charge in [0.25, 0.3) is 0 Å². The number of carbonyl (C=O) groups excluding carboxylic acids is 2. The summed E-state index contributed by atoms with van der Waals surface area (Å²) in [6.45, 7) is 12.1. The molecular formula is C31H44BN3O4. The summed E-state index contributed by atoms with van der Waals surface area (Å²) in [4.78, 5) is 34.1. The molecule has 1 aromatic rings. The molecule has 2 amide bonds. The van der Waals surface area contributed by atoms with Crippen LogP contribution in [-0.4, -0.2) is 78.2 Å². The number of benzene rings is 1. The van der Waals surface area contributed by atoms with Crippen LogP contribution in [0.4, 0.5) is 5.69 Å². The highest BCUT2D eigenvalue weighted by Gasteiger charge is 2.57. The maximum Gasteiger partial charge on any atom is 0.494 e. The van der Waals surface area contributed by atoms with Gasteiger partial charge in [-0.3, -0.25) is 9.59 Å². The topological polar surface area (TPSA) is 62.3 Å². The van der Waals surface area contributed by atoms with Crippen LogP contribution in [0.2, 0.25) is 0 Å². The third-order valence-corrected chi connectivity index (χ3v) is 11.2. The van der Waals surface area contributed by atoms with E-state index in [1.165, 1.54) is 32.4 Å². The monoisotopic (exact) mass is 533 g/mol. The zero-order valence-corrected chi connectivity index (χ0v) is 24.2. The molecule has 0 unspecified atom stereocenters. The van der Waals surface area contributed by atoms with Crippen molar-refractivity contribution in [2.75, 3.05) is 31.1 Å². The zero-order chi connectivity index (χ0) is 27.2. The van der Waals surface area contributed by atoms with Crippen LogP contribution in [-0.2, 0) is 24.3 Å². The predicted molar refractivity (Wildman–Crippen MR) is 152 cm³/mol. The summed E-state index contributed by atoms with van der Waals surface area (Å²) >= 11 is 0. The van der Waals surface area contributed by atoms with Crippen molar-refractivity contribution in [3.8, 4) is 0 Å². The van der Waals surface area contributed by atoms with Crippen LogP contribution < -0.4 is 10.4 Å². The molecule has 6 aliphatic rings. The maximum absolute atomic E-state index is 14.5. The highest BCUT2D eigenvalue weighted by atomic mass is 16.7. The summed E-state index contributed by atoms with van der Waals surface area (Å²) in [5.41, 5.74) is 1.83. The highest BCUT2D eigenvalue weighted by molar-refractivity contribution is 6.62. The Bertz CT molecular complexity index is 1140. The largest absolute Gasteiger partial charge is 0.494 e. The second-order valence-electron chi connectivity index (χ2n) is 14.1. The van der Waals surface area contributed by atoms with E-state index in [9.17, 15) is 9.59 Å². The van der Waals surface area contributed by atoms with Gasteiger partial charge in [-0.1, -0.05) is 18.6 Å². The SMILES string of the molecule is CC1(C)OB(c2ccc3c(c2)N([C@H]2C[C@@H](N4CCCCC4)C2)C(=O)C32CCN(C(=O)C3CC3)CC2)OC1(C)C. The minimum absolute atomic E-state index is 0.228. The molecule has 5 fully saturated rings. The zero-order valence-electron chi connectivity index (χ0n) is 24.2. The molecule has 7 nitrogen and oxygen atoms in total. The van der Waals surface area contributed by atoms with E-state index in [-0.39, 0.29) is 17.9 Å². The van der Waals surface area contributed by atoms with Crippen LogP contribution >= 0.6 is 0 Å². The Morgan fingerprint density at radius 2 is 1.54 bits per heavy atom. The maximum atomic E-state index is 14.5. The lowest BCUT2D eigenvalue weighted by Crippen LogP contribution is -2.58. The minimum atomic E-state index is -0.527. The average Bonchev–Trinajstić information content (AvgIpc) is 3.68. The molecule has 0 aromatic heterocycles. The first-order valence-corrected chi connectivity index (χ1v) is 15.5. The molecule has 1 spiro atoms. The molecule has 0 radical (unpaired) electrons. The molecule has 0 N–H and O–H groups in total. The van der Waals surface area contributed by atoms with Crippen LogP contribution in [0.1, 0.15) is 91.0 Å². The fourth-order valence-electron chi connectivity index (χ4n) is 7.63. The summed E-state index contributed by atoms with van der Waals surface area (Å²) in [5, 5.41) is 0. The van der Waals surface area contributed by atoms with Crippen LogP contribution in [0, 0.1) is 5.92 Å². The lowest BCUT2D eigenvalue weighted by Gasteiger charge is -2.48. The second kappa shape index (κ2) is 9.05. The van der Waals surface area contributed by atoms with Crippen molar-refractivity contribution < 1.29 is 18.9 Å². The van der Waals surface area contributed by atoms with Gasteiger partial charge in [-0.2, -0.15) is 0 Å². The van der Waals surface area contributed by atoms with Gasteiger partial charge in [0.1, 0.15) is 0 Å². The molecule has 2 aliphatic carbocycles. The van der Waals surface area contributed by atoms with E-state index >= 15 is 0 Å². The fourth-order valence-corrected chi connectivity index (χ4v) is 7.63. The van der Waals surface area contributed by atoms with Gasteiger partial charge >= 0.3 is 7.12 Å². The number of hydrogen-bond acceptors (Lipinski definition) is 5. The van der Waals surface area contributed by atoms with Crippen molar-refractivity contribution in [1.29, 1.82) is 0 Å². The normalized spacial score (nSPS) is 31.5. The molecule has 210 valence electrons. The quantitative estimate of drug-likeness (QED) is 0.554. The van der Waals surface area contributed by atoms with Gasteiger partial charge in [0.2, 0.25) is 11.8 Å². The Balaban J connectivity index is 1.18. The third kappa shape index (κ3) is 4.11. The van der Waals surface area contributed by atoms with Crippen molar-refractivity contribution in [1.82, 2.24) is 9.80 Å². The number of amides is 2. The molecule has 0 bridgehead atoms. The number of anilines is 1. The van der Waals surface area contributed by atoms with Gasteiger partial charge < -0.3 is 24.0 Å². The average molecular weight is 534 g/mol. The van der Waals surface area contributed by atoms with E-state index in [4.69, 9.17) is 9.31 Å². The lowest BCUT2D eigenvalue weighted by atomic mass is 9.71. The fraction of sp³-hybridized carbons (Fsp3) is 0.742. The Hall–Kier alpha value is -1.90. The molecule has 4 aliphatic heterocycles. The number of fused-ring (bicyclic) bond motifs is 2. The predicted octanol–water partition coefficient (Wildman–Crippen LogP) is 3.62. The Morgan fingerprint density at radius 1 is 0.897 bits per heavy atom. The highest BCUT2D eigenvalue weighted by Crippen LogP contribution is 2.51. The first kappa shape index (κ1) is 26.0. The summed E-state index contributed by atoms with van der Waals surface area (Å²) < 4.78 is 12.8. The summed E-state index contributed by atoms with van der Waals surface area (Å²) in [6, 6.07) is 7.29. The molecule has 1 aromatic carbocycles. The first-order chi connectivity index (χ1) is 18.6. The second-order valence-corrected chi connectivity index (χ2v) is 14.1. The van der Waals surface area contributed by atoms with E-state index in [1.807, 2.05) is 4.90 Å². The Labute approximate surface area is 233 Å². The van der Waals surface area contributed by atoms with E-state index in [2.05, 4.69) is 55.7 Å². The Kier molecular flexibility index (Phi) is 6.04. The van der Waals surface area contributed by atoms with Gasteiger partial charge in [-0.05, 0) is 109 Å². The van der Waals surface area contributed by atoms with Gasteiger partial charge in [0, 0.05) is 36.8 Å². The van der Waals surface area contributed by atoms with Gasteiger partial charge in [0.15, 0.2) is 0 Å². The van der Waals surface area contributed by atoms with Crippen LogP contribution in [0.15, 0.2) is 18.2 Å². The van der Waals surface area contributed by atoms with Crippen molar-refractivity contribution in [3.63, 3.8) is 0 Å². The number of nitrogens with zero attached hydrogens (tertiary/aromatic N) is 3.